The zero-order chi connectivity index (χ0) is 10.3. The predicted molar refractivity (Wildman–Crippen MR) is 45.1 cm³/mol. The monoisotopic (exact) mass is 182 g/mol. The van der Waals surface area contributed by atoms with E-state index in [1.807, 2.05) is 0 Å². The van der Waals surface area contributed by atoms with Crippen molar-refractivity contribution in [1.82, 2.24) is 0 Å². The Balaban J connectivity index is 4.43. The van der Waals surface area contributed by atoms with Crippen LogP contribution in [-0.4, -0.2) is 29.4 Å². The highest BCUT2D eigenvalue weighted by molar-refractivity contribution is 6.62. The molecule has 0 aliphatic rings. The van der Waals surface area contributed by atoms with Gasteiger partial charge in [-0.25, -0.2) is 4.79 Å². The smallest absolute Gasteiger partial charge is 0.441 e. The molecule has 0 saturated heterocycles. The molecule has 0 aromatic heterocycles. The van der Waals surface area contributed by atoms with Crippen molar-refractivity contribution in [3.63, 3.8) is 0 Å². The van der Waals surface area contributed by atoms with Crippen molar-refractivity contribution in [2.45, 2.75) is 12.8 Å². The van der Waals surface area contributed by atoms with E-state index in [-0.39, 0.29) is 6.42 Å². The van der Waals surface area contributed by atoms with Crippen LogP contribution in [0.3, 0.4) is 0 Å². The number of methoxy groups -OCH3 is 1. The van der Waals surface area contributed by atoms with Gasteiger partial charge in [-0.1, -0.05) is 6.08 Å². The normalized spacial score (nSPS) is 8.38. The molecule has 0 atom stereocenters. The molecule has 0 saturated carbocycles. The van der Waals surface area contributed by atoms with Gasteiger partial charge in [0, 0.05) is 6.42 Å². The number of nitrogens with zero attached hydrogens (tertiary/aromatic N) is 2. The van der Waals surface area contributed by atoms with Crippen LogP contribution in [0.2, 0.25) is 0 Å². The molecular weight excluding hydrogens is 172 g/mol. The van der Waals surface area contributed by atoms with Crippen LogP contribution < -0.4 is 0 Å². The van der Waals surface area contributed by atoms with Crippen molar-refractivity contribution in [1.29, 1.82) is 0 Å². The van der Waals surface area contributed by atoms with Crippen LogP contribution in [0.25, 0.3) is 5.53 Å². The molecular formula is C8H10N2O3. The molecule has 0 unspecified atom stereocenters. The highest BCUT2D eigenvalue weighted by Crippen LogP contribution is 1.94. The number of ether oxygens (including phenoxy) is 1. The number of carbonyl (C=O) groups excluding carboxylic acids is 2. The largest absolute Gasteiger partial charge is 0.460 e. The number of allylic oxidation sites excluding steroid dienone is 1. The Morgan fingerprint density at radius 2 is 2.23 bits per heavy atom. The Kier molecular flexibility index (Phi) is 5.07. The summed E-state index contributed by atoms with van der Waals surface area (Å²) in [4.78, 5) is 24.5. The quantitative estimate of drug-likeness (QED) is 0.154. The average molecular weight is 182 g/mol. The summed E-state index contributed by atoms with van der Waals surface area (Å²) in [5.74, 6) is -1.49. The van der Waals surface area contributed by atoms with E-state index in [0.29, 0.717) is 6.42 Å². The highest BCUT2D eigenvalue weighted by Gasteiger charge is 2.29. The maximum Gasteiger partial charge on any atom is 0.441 e. The minimum absolute atomic E-state index is 0.0813. The second-order valence-electron chi connectivity index (χ2n) is 2.19. The third kappa shape index (κ3) is 3.44. The van der Waals surface area contributed by atoms with Crippen molar-refractivity contribution < 1.29 is 19.1 Å². The Hall–Kier alpha value is -1.74. The number of ketones is 1. The fraction of sp³-hybridized carbons (Fsp3) is 0.375. The van der Waals surface area contributed by atoms with Crippen LogP contribution in [0.1, 0.15) is 12.8 Å². The zero-order valence-electron chi connectivity index (χ0n) is 7.32. The van der Waals surface area contributed by atoms with Crippen LogP contribution in [0.15, 0.2) is 12.7 Å². The van der Waals surface area contributed by atoms with Gasteiger partial charge in [-0.05, 0) is 6.42 Å². The Morgan fingerprint density at radius 3 is 2.62 bits per heavy atom. The van der Waals surface area contributed by atoms with Crippen molar-refractivity contribution >= 4 is 17.5 Å². The Bertz CT molecular complexity index is 277. The standard InChI is InChI=1S/C8H10N2O3/c1-3-4-5-6(11)7(10-9)8(12)13-2/h3H,1,4-5H2,2H3. The molecule has 0 aromatic carbocycles. The summed E-state index contributed by atoms with van der Waals surface area (Å²) >= 11 is 0. The summed E-state index contributed by atoms with van der Waals surface area (Å²) in [7, 11) is 1.11. The van der Waals surface area contributed by atoms with Gasteiger partial charge < -0.3 is 10.3 Å². The molecule has 0 aliphatic carbocycles. The molecule has 70 valence electrons. The summed E-state index contributed by atoms with van der Waals surface area (Å²) < 4.78 is 4.23. The van der Waals surface area contributed by atoms with Crippen molar-refractivity contribution in [3.8, 4) is 0 Å². The number of esters is 1. The van der Waals surface area contributed by atoms with E-state index in [0.717, 1.165) is 7.11 Å². The van der Waals surface area contributed by atoms with Gasteiger partial charge in [-0.2, -0.15) is 4.79 Å². The number of carbonyl (C=O) groups is 2. The molecule has 0 radical (unpaired) electrons. The third-order valence-corrected chi connectivity index (χ3v) is 1.32. The van der Waals surface area contributed by atoms with Crippen molar-refractivity contribution in [3.05, 3.63) is 18.2 Å². The molecule has 0 aliphatic heterocycles. The molecule has 5 heteroatoms. The fourth-order valence-electron chi connectivity index (χ4n) is 0.659. The first-order valence-electron chi connectivity index (χ1n) is 3.61. The van der Waals surface area contributed by atoms with E-state index < -0.39 is 17.5 Å². The van der Waals surface area contributed by atoms with Crippen molar-refractivity contribution in [2.75, 3.05) is 7.11 Å². The van der Waals surface area contributed by atoms with E-state index in [4.69, 9.17) is 5.53 Å². The molecule has 0 aromatic rings. The Labute approximate surface area is 75.6 Å². The first kappa shape index (κ1) is 11.3. The van der Waals surface area contributed by atoms with Gasteiger partial charge in [0.1, 0.15) is 0 Å². The molecule has 0 bridgehead atoms. The van der Waals surface area contributed by atoms with Gasteiger partial charge in [-0.3, -0.25) is 4.79 Å². The molecule has 0 rings (SSSR count). The molecule has 0 spiro atoms. The third-order valence-electron chi connectivity index (χ3n) is 1.32. The highest BCUT2D eigenvalue weighted by atomic mass is 16.5. The Morgan fingerprint density at radius 1 is 1.62 bits per heavy atom. The molecule has 5 nitrogen and oxygen atoms in total. The molecule has 13 heavy (non-hydrogen) atoms. The second-order valence-corrected chi connectivity index (χ2v) is 2.19. The minimum Gasteiger partial charge on any atom is -0.460 e. The lowest BCUT2D eigenvalue weighted by molar-refractivity contribution is -0.139. The van der Waals surface area contributed by atoms with E-state index in [9.17, 15) is 9.59 Å². The van der Waals surface area contributed by atoms with Gasteiger partial charge >= 0.3 is 11.7 Å². The predicted octanol–water partition coefficient (Wildman–Crippen LogP) is 0.365. The number of Topliss-reactive ketones (excluding diaryl/α,β-unsaturated/α-hetero) is 1. The van der Waals surface area contributed by atoms with Crippen LogP contribution in [0, 0.1) is 0 Å². The van der Waals surface area contributed by atoms with Gasteiger partial charge in [-0.15, -0.1) is 6.58 Å². The lowest BCUT2D eigenvalue weighted by atomic mass is 10.1. The van der Waals surface area contributed by atoms with E-state index in [1.54, 1.807) is 0 Å². The van der Waals surface area contributed by atoms with Crippen molar-refractivity contribution in [2.24, 2.45) is 0 Å². The van der Waals surface area contributed by atoms with Crippen LogP contribution in [0.5, 0.6) is 0 Å². The summed E-state index contributed by atoms with van der Waals surface area (Å²) in [6, 6.07) is 0. The second kappa shape index (κ2) is 5.85. The van der Waals surface area contributed by atoms with E-state index >= 15 is 0 Å². The van der Waals surface area contributed by atoms with Gasteiger partial charge in [0.15, 0.2) is 0 Å². The van der Waals surface area contributed by atoms with E-state index in [2.05, 4.69) is 16.1 Å². The fourth-order valence-corrected chi connectivity index (χ4v) is 0.659. The summed E-state index contributed by atoms with van der Waals surface area (Å²) in [5.41, 5.74) is 7.76. The minimum atomic E-state index is -0.934. The molecule has 0 amide bonds. The summed E-state index contributed by atoms with van der Waals surface area (Å²) in [5, 5.41) is 0. The molecule has 0 fully saturated rings. The topological polar surface area (TPSA) is 79.8 Å². The maximum absolute atomic E-state index is 11.1. The van der Waals surface area contributed by atoms with Crippen LogP contribution in [-0.2, 0) is 14.3 Å². The number of hydrogen-bond acceptors (Lipinski definition) is 3. The first-order valence-corrected chi connectivity index (χ1v) is 3.61. The van der Waals surface area contributed by atoms with E-state index in [1.165, 1.54) is 6.08 Å². The van der Waals surface area contributed by atoms with Gasteiger partial charge in [0.25, 0.3) is 5.78 Å². The number of rotatable bonds is 5. The lowest BCUT2D eigenvalue weighted by Gasteiger charge is -1.92. The van der Waals surface area contributed by atoms with Crippen LogP contribution >= 0.6 is 0 Å². The SMILES string of the molecule is C=CCCC(=O)C(=[N+]=[N-])C(=O)OC. The van der Waals surface area contributed by atoms with Gasteiger partial charge in [0.2, 0.25) is 0 Å². The first-order chi connectivity index (χ1) is 6.17. The number of hydrogen-bond donors (Lipinski definition) is 0. The summed E-state index contributed by atoms with van der Waals surface area (Å²) in [6.45, 7) is 3.41. The molecule has 0 N–H and O–H groups in total. The van der Waals surface area contributed by atoms with Crippen LogP contribution in [0.4, 0.5) is 0 Å². The zero-order valence-corrected chi connectivity index (χ0v) is 7.32. The van der Waals surface area contributed by atoms with Gasteiger partial charge in [0.05, 0.1) is 7.11 Å². The maximum atomic E-state index is 11.1. The summed E-state index contributed by atoms with van der Waals surface area (Å²) in [6.07, 6.45) is 2.04. The average Bonchev–Trinajstić information content (AvgIpc) is 2.15. The molecule has 0 heterocycles. The lowest BCUT2D eigenvalue weighted by Crippen LogP contribution is -2.26.